The summed E-state index contributed by atoms with van der Waals surface area (Å²) < 4.78 is 37.9. The topological polar surface area (TPSA) is 109 Å². The van der Waals surface area contributed by atoms with Crippen LogP contribution >= 0.6 is 8.53 Å². The van der Waals surface area contributed by atoms with Crippen LogP contribution in [0.3, 0.4) is 0 Å². The van der Waals surface area contributed by atoms with Crippen LogP contribution in [-0.4, -0.2) is 69.3 Å². The molecule has 5 rings (SSSR count). The van der Waals surface area contributed by atoms with Gasteiger partial charge in [0.05, 0.1) is 0 Å². The van der Waals surface area contributed by atoms with Crippen LogP contribution in [0.25, 0.3) is 4.85 Å². The molecule has 2 aliphatic heterocycles. The van der Waals surface area contributed by atoms with E-state index in [9.17, 15) is 9.59 Å². The van der Waals surface area contributed by atoms with Crippen molar-refractivity contribution in [2.45, 2.75) is 83.1 Å². The van der Waals surface area contributed by atoms with Gasteiger partial charge in [0.1, 0.15) is 35.8 Å². The van der Waals surface area contributed by atoms with Crippen molar-refractivity contribution in [3.8, 4) is 0 Å². The SMILES string of the molecule is [2H]C[C@]12O[C@@H](n3cc(C)c(NC(=O)c4ccccc4)nc3=O)[C@H](OC13CC3)[C@@H]2OP(OCC[N+]#[C-])N(CC)C(C)C. The molecule has 3 fully saturated rings. The highest BCUT2D eigenvalue weighted by Gasteiger charge is 2.77. The Morgan fingerprint density at radius 1 is 1.38 bits per heavy atom. The Morgan fingerprint density at radius 2 is 2.12 bits per heavy atom. The van der Waals surface area contributed by atoms with Crippen molar-refractivity contribution in [2.24, 2.45) is 0 Å². The summed E-state index contributed by atoms with van der Waals surface area (Å²) in [4.78, 5) is 33.5. The van der Waals surface area contributed by atoms with Gasteiger partial charge in [-0.2, -0.15) is 4.98 Å². The highest BCUT2D eigenvalue weighted by Crippen LogP contribution is 2.66. The third-order valence-electron chi connectivity index (χ3n) is 7.62. The lowest BCUT2D eigenvalue weighted by molar-refractivity contribution is -0.218. The van der Waals surface area contributed by atoms with Crippen LogP contribution in [-0.2, 0) is 18.5 Å². The molecule has 11 nitrogen and oxygen atoms in total. The number of aromatic nitrogens is 2. The zero-order chi connectivity index (χ0) is 29.4. The van der Waals surface area contributed by atoms with Gasteiger partial charge in [0, 0.05) is 31.3 Å². The molecule has 1 N–H and O–H groups in total. The standard InChI is InChI=1S/C28H36N5O6P/c1-7-33(18(2)3)40(36-16-15-29-6)39-22-21-25(38-27(22,5)28(37-21)13-14-28)32-17-19(4)23(31-26(32)35)30-24(34)20-11-9-8-10-12-20/h8-12,17-18,21-22,25H,7,13-16H2,1-5H3,(H,30,31,34,35)/t21-,22+,25-,27-,40?/m1/s1/i5D. The Labute approximate surface area is 237 Å². The molecule has 1 saturated carbocycles. The summed E-state index contributed by atoms with van der Waals surface area (Å²) in [6, 6.07) is 8.81. The van der Waals surface area contributed by atoms with Gasteiger partial charge in [-0.3, -0.25) is 9.36 Å². The molecule has 12 heteroatoms. The third-order valence-corrected chi connectivity index (χ3v) is 9.60. The first-order chi connectivity index (χ1) is 19.7. The van der Waals surface area contributed by atoms with Gasteiger partial charge in [-0.25, -0.2) is 16.0 Å². The van der Waals surface area contributed by atoms with Gasteiger partial charge in [-0.15, -0.1) is 0 Å². The third kappa shape index (κ3) is 5.09. The molecule has 1 spiro atoms. The van der Waals surface area contributed by atoms with Crippen LogP contribution in [0.15, 0.2) is 41.3 Å². The lowest BCUT2D eigenvalue weighted by Gasteiger charge is -2.37. The van der Waals surface area contributed by atoms with E-state index >= 15 is 0 Å². The maximum atomic E-state index is 13.3. The van der Waals surface area contributed by atoms with Crippen molar-refractivity contribution in [1.29, 1.82) is 0 Å². The number of hydrogen-bond donors (Lipinski definition) is 1. The van der Waals surface area contributed by atoms with Gasteiger partial charge in [-0.05, 0) is 52.6 Å². The van der Waals surface area contributed by atoms with Crippen molar-refractivity contribution >= 4 is 20.3 Å². The van der Waals surface area contributed by atoms with Crippen molar-refractivity contribution in [3.63, 3.8) is 0 Å². The second kappa shape index (κ2) is 11.3. The van der Waals surface area contributed by atoms with Crippen LogP contribution in [0.4, 0.5) is 5.82 Å². The van der Waals surface area contributed by atoms with Gasteiger partial charge in [0.2, 0.25) is 6.54 Å². The molecular formula is C28H36N5O6P. The van der Waals surface area contributed by atoms with Gasteiger partial charge < -0.3 is 28.7 Å². The summed E-state index contributed by atoms with van der Waals surface area (Å²) in [5, 5.41) is 2.72. The smallest absolute Gasteiger partial charge is 0.351 e. The van der Waals surface area contributed by atoms with Crippen LogP contribution in [0, 0.1) is 13.5 Å². The van der Waals surface area contributed by atoms with E-state index < -0.39 is 43.9 Å². The van der Waals surface area contributed by atoms with E-state index in [4.69, 9.17) is 26.5 Å². The molecule has 3 aliphatic rings. The van der Waals surface area contributed by atoms with Crippen LogP contribution in [0.5, 0.6) is 0 Å². The molecule has 5 atom stereocenters. The van der Waals surface area contributed by atoms with Crippen molar-refractivity contribution < 1.29 is 24.7 Å². The van der Waals surface area contributed by atoms with Crippen LogP contribution < -0.4 is 11.0 Å². The average Bonchev–Trinajstić information content (AvgIpc) is 3.61. The number of fused-ring (bicyclic) bond motifs is 3. The number of rotatable bonds is 11. The highest BCUT2D eigenvalue weighted by molar-refractivity contribution is 7.44. The van der Waals surface area contributed by atoms with Crippen molar-refractivity contribution in [2.75, 3.05) is 25.0 Å². The first-order valence-corrected chi connectivity index (χ1v) is 14.6. The molecule has 1 aliphatic carbocycles. The van der Waals surface area contributed by atoms with E-state index in [-0.39, 0.29) is 37.8 Å². The number of amides is 1. The summed E-state index contributed by atoms with van der Waals surface area (Å²) in [5.74, 6) is -0.203. The van der Waals surface area contributed by atoms with Crippen LogP contribution in [0.1, 0.15) is 64.0 Å². The molecule has 3 heterocycles. The number of aryl methyl sites for hydroxylation is 1. The van der Waals surface area contributed by atoms with Gasteiger partial charge in [-0.1, -0.05) is 25.1 Å². The van der Waals surface area contributed by atoms with Gasteiger partial charge >= 0.3 is 5.69 Å². The Morgan fingerprint density at radius 3 is 2.75 bits per heavy atom. The summed E-state index contributed by atoms with van der Waals surface area (Å²) >= 11 is 0. The normalized spacial score (nSPS) is 27.1. The molecule has 1 aromatic carbocycles. The second-order valence-corrected chi connectivity index (χ2v) is 12.0. The summed E-state index contributed by atoms with van der Waals surface area (Å²) in [6.07, 6.45) is 0.868. The molecule has 214 valence electrons. The Balaban J connectivity index is 1.43. The summed E-state index contributed by atoms with van der Waals surface area (Å²) in [6.45, 7) is 16.0. The quantitative estimate of drug-likeness (QED) is 0.242. The average molecular weight is 571 g/mol. The largest absolute Gasteiger partial charge is 0.361 e. The molecule has 40 heavy (non-hydrogen) atoms. The maximum Gasteiger partial charge on any atom is 0.351 e. The molecular weight excluding hydrogens is 533 g/mol. The summed E-state index contributed by atoms with van der Waals surface area (Å²) in [5.41, 5.74) is -1.32. The van der Waals surface area contributed by atoms with E-state index in [1.165, 1.54) is 4.57 Å². The van der Waals surface area contributed by atoms with Crippen molar-refractivity contribution in [1.82, 2.24) is 14.2 Å². The molecule has 1 amide bonds. The minimum atomic E-state index is -1.59. The minimum Gasteiger partial charge on any atom is -0.361 e. The van der Waals surface area contributed by atoms with E-state index in [1.807, 2.05) is 26.8 Å². The monoisotopic (exact) mass is 570 g/mol. The van der Waals surface area contributed by atoms with Crippen LogP contribution in [0.2, 0.25) is 0 Å². The molecule has 2 aromatic rings. The predicted octanol–water partition coefficient (Wildman–Crippen LogP) is 4.30. The number of nitrogens with zero attached hydrogens (tertiary/aromatic N) is 4. The molecule has 0 radical (unpaired) electrons. The summed E-state index contributed by atoms with van der Waals surface area (Å²) in [7, 11) is -1.59. The molecule has 2 saturated heterocycles. The Hall–Kier alpha value is -2.71. The first kappa shape index (κ1) is 27.5. The first-order valence-electron chi connectivity index (χ1n) is 14.2. The number of benzene rings is 1. The molecule has 1 aromatic heterocycles. The fourth-order valence-electron chi connectivity index (χ4n) is 5.37. The zero-order valence-electron chi connectivity index (χ0n) is 24.2. The lowest BCUT2D eigenvalue weighted by Crippen LogP contribution is -2.48. The predicted molar refractivity (Wildman–Crippen MR) is 150 cm³/mol. The fourth-order valence-corrected chi connectivity index (χ4v) is 7.03. The van der Waals surface area contributed by atoms with Crippen molar-refractivity contribution in [3.05, 3.63) is 69.6 Å². The molecule has 1 unspecified atom stereocenters. The Bertz CT molecular complexity index is 1370. The highest BCUT2D eigenvalue weighted by atomic mass is 31.2. The van der Waals surface area contributed by atoms with E-state index in [0.29, 0.717) is 17.7 Å². The number of carbonyl (C=O) groups is 1. The zero-order valence-corrected chi connectivity index (χ0v) is 24.1. The second-order valence-electron chi connectivity index (χ2n) is 10.6. The molecule has 2 bridgehead atoms. The fraction of sp³-hybridized carbons (Fsp3) is 0.571. The lowest BCUT2D eigenvalue weighted by atomic mass is 9.93. The maximum absolute atomic E-state index is 13.3. The number of carbonyl (C=O) groups excluding carboxylic acids is 1. The van der Waals surface area contributed by atoms with E-state index in [2.05, 4.69) is 19.8 Å². The van der Waals surface area contributed by atoms with E-state index in [1.54, 1.807) is 37.4 Å². The van der Waals surface area contributed by atoms with Gasteiger partial charge in [0.15, 0.2) is 6.23 Å². The Kier molecular flexibility index (Phi) is 7.75. The number of hydrogen-bond acceptors (Lipinski definition) is 8. The minimum absolute atomic E-state index is 0.115. The number of nitrogens with one attached hydrogen (secondary N) is 1. The number of anilines is 1. The van der Waals surface area contributed by atoms with E-state index in [0.717, 1.165) is 12.8 Å². The number of ether oxygens (including phenoxy) is 2. The van der Waals surface area contributed by atoms with Gasteiger partial charge in [0.25, 0.3) is 14.4 Å².